The average Bonchev–Trinajstić information content (AvgIpc) is 2.62. The number of carbonyl (C=O) groups excluding carboxylic acids is 1. The summed E-state index contributed by atoms with van der Waals surface area (Å²) in [4.78, 5) is 24.2. The van der Waals surface area contributed by atoms with E-state index in [1.165, 1.54) is 23.9 Å². The standard InChI is InChI=1S/C13H14N2O4S/c1-7-4-5-9(10(6-7)20(18)19)12(16)11-8(2)14-15(3)13(11)17/h4-6,14H,1-3H3,(H,18,19)/p-1. The molecule has 0 aliphatic carbocycles. The van der Waals surface area contributed by atoms with Gasteiger partial charge in [0.1, 0.15) is 5.56 Å². The van der Waals surface area contributed by atoms with E-state index in [2.05, 4.69) is 5.10 Å². The van der Waals surface area contributed by atoms with Crippen LogP contribution in [0.5, 0.6) is 0 Å². The van der Waals surface area contributed by atoms with Crippen molar-refractivity contribution in [2.45, 2.75) is 18.7 Å². The van der Waals surface area contributed by atoms with Crippen molar-refractivity contribution in [3.8, 4) is 0 Å². The minimum absolute atomic E-state index is 0.00346. The van der Waals surface area contributed by atoms with Crippen LogP contribution in [0.2, 0.25) is 0 Å². The molecule has 1 heterocycles. The zero-order valence-electron chi connectivity index (χ0n) is 11.2. The predicted octanol–water partition coefficient (Wildman–Crippen LogP) is 0.799. The molecule has 0 amide bonds. The van der Waals surface area contributed by atoms with Gasteiger partial charge in [-0.3, -0.25) is 23.6 Å². The van der Waals surface area contributed by atoms with E-state index in [1.54, 1.807) is 19.9 Å². The van der Waals surface area contributed by atoms with Crippen LogP contribution in [0.4, 0.5) is 0 Å². The van der Waals surface area contributed by atoms with Crippen LogP contribution < -0.4 is 5.56 Å². The van der Waals surface area contributed by atoms with Crippen molar-refractivity contribution in [1.82, 2.24) is 9.78 Å². The lowest BCUT2D eigenvalue weighted by atomic mass is 10.0. The number of aryl methyl sites for hydroxylation is 3. The number of H-pyrrole nitrogens is 1. The molecule has 0 aliphatic heterocycles. The van der Waals surface area contributed by atoms with Gasteiger partial charge in [0.25, 0.3) is 5.56 Å². The molecule has 7 heteroatoms. The van der Waals surface area contributed by atoms with Gasteiger partial charge in [0.2, 0.25) is 5.78 Å². The number of benzene rings is 1. The van der Waals surface area contributed by atoms with Gasteiger partial charge in [0.15, 0.2) is 0 Å². The maximum Gasteiger partial charge on any atom is 0.277 e. The third-order valence-electron chi connectivity index (χ3n) is 3.02. The summed E-state index contributed by atoms with van der Waals surface area (Å²) >= 11 is -2.54. The summed E-state index contributed by atoms with van der Waals surface area (Å²) in [5, 5.41) is 2.72. The van der Waals surface area contributed by atoms with E-state index in [4.69, 9.17) is 0 Å². The number of ketones is 1. The summed E-state index contributed by atoms with van der Waals surface area (Å²) in [7, 11) is 1.49. The van der Waals surface area contributed by atoms with Crippen molar-refractivity contribution in [3.05, 3.63) is 50.9 Å². The van der Waals surface area contributed by atoms with Crippen LogP contribution in [0, 0.1) is 13.8 Å². The SMILES string of the molecule is Cc1ccc(C(=O)c2c(C)[nH]n(C)c2=O)c(S(=O)[O-])c1. The number of hydrogen-bond donors (Lipinski definition) is 1. The van der Waals surface area contributed by atoms with Gasteiger partial charge in [0, 0.05) is 23.2 Å². The van der Waals surface area contributed by atoms with Crippen LogP contribution in [-0.2, 0) is 18.1 Å². The molecule has 0 aliphatic rings. The summed E-state index contributed by atoms with van der Waals surface area (Å²) < 4.78 is 23.7. The molecule has 1 aromatic heterocycles. The third-order valence-corrected chi connectivity index (χ3v) is 3.71. The van der Waals surface area contributed by atoms with E-state index >= 15 is 0 Å². The summed E-state index contributed by atoms with van der Waals surface area (Å²) in [5.74, 6) is -0.594. The largest absolute Gasteiger partial charge is 0.768 e. The zero-order chi connectivity index (χ0) is 15.0. The first-order valence-corrected chi connectivity index (χ1v) is 6.90. The molecule has 106 valence electrons. The van der Waals surface area contributed by atoms with E-state index in [0.29, 0.717) is 5.69 Å². The summed E-state index contributed by atoms with van der Waals surface area (Å²) in [6, 6.07) is 4.47. The normalized spacial score (nSPS) is 12.4. The van der Waals surface area contributed by atoms with Gasteiger partial charge in [-0.25, -0.2) is 0 Å². The van der Waals surface area contributed by atoms with Crippen LogP contribution in [0.1, 0.15) is 27.2 Å². The van der Waals surface area contributed by atoms with Crippen LogP contribution in [0.25, 0.3) is 0 Å². The number of aromatic nitrogens is 2. The van der Waals surface area contributed by atoms with E-state index in [9.17, 15) is 18.4 Å². The van der Waals surface area contributed by atoms with Crippen LogP contribution in [-0.4, -0.2) is 24.3 Å². The molecule has 0 saturated carbocycles. The fourth-order valence-corrected chi connectivity index (χ4v) is 2.67. The van der Waals surface area contributed by atoms with Crippen LogP contribution in [0.15, 0.2) is 27.9 Å². The molecular formula is C13H13N2O4S-. The Morgan fingerprint density at radius 3 is 2.50 bits per heavy atom. The topological polar surface area (TPSA) is 95.0 Å². The van der Waals surface area contributed by atoms with Crippen LogP contribution in [0.3, 0.4) is 0 Å². The van der Waals surface area contributed by atoms with Crippen molar-refractivity contribution < 1.29 is 13.6 Å². The highest BCUT2D eigenvalue weighted by Gasteiger charge is 2.21. The van der Waals surface area contributed by atoms with Gasteiger partial charge in [0.05, 0.1) is 0 Å². The molecule has 0 saturated heterocycles. The Balaban J connectivity index is 2.66. The lowest BCUT2D eigenvalue weighted by molar-refractivity contribution is 0.103. The molecular weight excluding hydrogens is 280 g/mol. The Labute approximate surface area is 117 Å². The van der Waals surface area contributed by atoms with E-state index in [-0.39, 0.29) is 16.0 Å². The monoisotopic (exact) mass is 293 g/mol. The fourth-order valence-electron chi connectivity index (χ4n) is 2.04. The molecule has 20 heavy (non-hydrogen) atoms. The Morgan fingerprint density at radius 1 is 1.35 bits per heavy atom. The summed E-state index contributed by atoms with van der Waals surface area (Å²) in [5.41, 5.74) is 0.618. The molecule has 0 bridgehead atoms. The molecule has 1 N–H and O–H groups in total. The average molecular weight is 293 g/mol. The second kappa shape index (κ2) is 5.18. The minimum atomic E-state index is -2.54. The Morgan fingerprint density at radius 2 is 2.00 bits per heavy atom. The molecule has 6 nitrogen and oxygen atoms in total. The maximum absolute atomic E-state index is 12.4. The van der Waals surface area contributed by atoms with Crippen molar-refractivity contribution in [2.24, 2.45) is 7.05 Å². The van der Waals surface area contributed by atoms with Gasteiger partial charge in [-0.2, -0.15) is 0 Å². The third kappa shape index (κ3) is 2.37. The quantitative estimate of drug-likeness (QED) is 0.669. The molecule has 2 aromatic rings. The number of carbonyl (C=O) groups is 1. The molecule has 0 spiro atoms. The molecule has 1 aromatic carbocycles. The Kier molecular flexibility index (Phi) is 3.74. The van der Waals surface area contributed by atoms with Gasteiger partial charge in [-0.15, -0.1) is 0 Å². The first-order chi connectivity index (χ1) is 9.32. The highest BCUT2D eigenvalue weighted by atomic mass is 32.2. The second-order valence-electron chi connectivity index (χ2n) is 4.54. The number of hydrogen-bond acceptors (Lipinski definition) is 4. The molecule has 2 rings (SSSR count). The van der Waals surface area contributed by atoms with Crippen molar-refractivity contribution in [1.29, 1.82) is 0 Å². The van der Waals surface area contributed by atoms with Gasteiger partial charge < -0.3 is 4.55 Å². The van der Waals surface area contributed by atoms with Gasteiger partial charge in [-0.1, -0.05) is 6.07 Å². The molecule has 0 fully saturated rings. The van der Waals surface area contributed by atoms with Gasteiger partial charge in [-0.05, 0) is 42.6 Å². The van der Waals surface area contributed by atoms with Crippen molar-refractivity contribution in [2.75, 3.05) is 0 Å². The van der Waals surface area contributed by atoms with E-state index in [1.807, 2.05) is 0 Å². The number of nitrogens with one attached hydrogen (secondary N) is 1. The summed E-state index contributed by atoms with van der Waals surface area (Å²) in [6.45, 7) is 3.32. The van der Waals surface area contributed by atoms with Crippen molar-refractivity contribution in [3.63, 3.8) is 0 Å². The molecule has 1 unspecified atom stereocenters. The number of nitrogens with zero attached hydrogens (tertiary/aromatic N) is 1. The lowest BCUT2D eigenvalue weighted by Crippen LogP contribution is -2.20. The van der Waals surface area contributed by atoms with Crippen LogP contribution >= 0.6 is 0 Å². The van der Waals surface area contributed by atoms with E-state index < -0.39 is 22.4 Å². The molecule has 1 atom stereocenters. The smallest absolute Gasteiger partial charge is 0.277 e. The maximum atomic E-state index is 12.4. The first kappa shape index (κ1) is 14.4. The summed E-state index contributed by atoms with van der Waals surface area (Å²) in [6.07, 6.45) is 0. The Hall–Kier alpha value is -1.99. The Bertz CT molecular complexity index is 773. The fraction of sp³-hybridized carbons (Fsp3) is 0.231. The van der Waals surface area contributed by atoms with Crippen molar-refractivity contribution >= 4 is 16.9 Å². The predicted molar refractivity (Wildman–Crippen MR) is 72.6 cm³/mol. The highest BCUT2D eigenvalue weighted by Crippen LogP contribution is 2.18. The number of aromatic amines is 1. The second-order valence-corrected chi connectivity index (χ2v) is 5.45. The van der Waals surface area contributed by atoms with Gasteiger partial charge >= 0.3 is 0 Å². The number of rotatable bonds is 3. The van der Waals surface area contributed by atoms with E-state index in [0.717, 1.165) is 5.56 Å². The highest BCUT2D eigenvalue weighted by molar-refractivity contribution is 7.79. The zero-order valence-corrected chi connectivity index (χ0v) is 12.0. The lowest BCUT2D eigenvalue weighted by Gasteiger charge is -2.11. The molecule has 0 radical (unpaired) electrons. The first-order valence-electron chi connectivity index (χ1n) is 5.83. The minimum Gasteiger partial charge on any atom is -0.768 e.